The molecule has 168 valence electrons. The smallest absolute Gasteiger partial charge is 0.311 e. The Labute approximate surface area is 183 Å². The van der Waals surface area contributed by atoms with Crippen LogP contribution in [0.3, 0.4) is 0 Å². The maximum absolute atomic E-state index is 12.9. The van der Waals surface area contributed by atoms with Crippen LogP contribution in [-0.4, -0.2) is 39.4 Å². The molecule has 2 unspecified atom stereocenters. The second kappa shape index (κ2) is 12.6. The van der Waals surface area contributed by atoms with E-state index in [9.17, 15) is 9.59 Å². The van der Waals surface area contributed by atoms with Gasteiger partial charge in [0.1, 0.15) is 0 Å². The number of esters is 2. The molecule has 1 N–H and O–H groups in total. The maximum Gasteiger partial charge on any atom is 0.311 e. The van der Waals surface area contributed by atoms with Crippen LogP contribution in [0.15, 0.2) is 48.5 Å². The van der Waals surface area contributed by atoms with Crippen molar-refractivity contribution in [1.82, 2.24) is 5.32 Å². The van der Waals surface area contributed by atoms with Gasteiger partial charge in [0.15, 0.2) is 11.5 Å². The van der Waals surface area contributed by atoms with Crippen molar-refractivity contribution in [3.8, 4) is 11.5 Å². The fourth-order valence-corrected chi connectivity index (χ4v) is 3.35. The third-order valence-electron chi connectivity index (χ3n) is 4.82. The van der Waals surface area contributed by atoms with Gasteiger partial charge in [-0.15, -0.1) is 0 Å². The monoisotopic (exact) mass is 429 g/mol. The standard InChI is InChI=1S/C24H31NO6/c1-5-30-22(26)15-19(24(27)31-6-2)23(25-16-17-10-8-7-9-11-17)18-12-13-20(28-3)21(14-18)29-4/h7-14,19,23,25H,5-6,15-16H2,1-4H3. The Morgan fingerprint density at radius 1 is 0.903 bits per heavy atom. The lowest BCUT2D eigenvalue weighted by molar-refractivity contribution is -0.156. The van der Waals surface area contributed by atoms with Crippen LogP contribution < -0.4 is 14.8 Å². The van der Waals surface area contributed by atoms with E-state index in [1.807, 2.05) is 36.4 Å². The number of methoxy groups -OCH3 is 2. The fraction of sp³-hybridized carbons (Fsp3) is 0.417. The second-order valence-electron chi connectivity index (χ2n) is 6.83. The zero-order chi connectivity index (χ0) is 22.6. The highest BCUT2D eigenvalue weighted by Crippen LogP contribution is 2.34. The predicted molar refractivity (Wildman–Crippen MR) is 117 cm³/mol. The molecule has 2 atom stereocenters. The molecule has 0 bridgehead atoms. The van der Waals surface area contributed by atoms with Gasteiger partial charge < -0.3 is 24.3 Å². The van der Waals surface area contributed by atoms with Crippen LogP contribution in [0, 0.1) is 5.92 Å². The number of carbonyl (C=O) groups excluding carboxylic acids is 2. The van der Waals surface area contributed by atoms with E-state index >= 15 is 0 Å². The average molecular weight is 430 g/mol. The number of rotatable bonds is 12. The largest absolute Gasteiger partial charge is 0.493 e. The first-order valence-electron chi connectivity index (χ1n) is 10.3. The summed E-state index contributed by atoms with van der Waals surface area (Å²) in [5, 5.41) is 3.42. The van der Waals surface area contributed by atoms with Crippen molar-refractivity contribution in [3.63, 3.8) is 0 Å². The van der Waals surface area contributed by atoms with Gasteiger partial charge in [-0.1, -0.05) is 36.4 Å². The lowest BCUT2D eigenvalue weighted by atomic mass is 9.89. The van der Waals surface area contributed by atoms with E-state index < -0.39 is 23.9 Å². The quantitative estimate of drug-likeness (QED) is 0.516. The molecule has 0 saturated heterocycles. The van der Waals surface area contributed by atoms with Gasteiger partial charge in [-0.3, -0.25) is 9.59 Å². The Hall–Kier alpha value is -3.06. The van der Waals surface area contributed by atoms with E-state index in [4.69, 9.17) is 18.9 Å². The number of benzene rings is 2. The van der Waals surface area contributed by atoms with E-state index in [-0.39, 0.29) is 19.6 Å². The van der Waals surface area contributed by atoms with Crippen LogP contribution in [0.25, 0.3) is 0 Å². The average Bonchev–Trinajstić information content (AvgIpc) is 2.79. The molecule has 7 heteroatoms. The van der Waals surface area contributed by atoms with Gasteiger partial charge in [0.2, 0.25) is 0 Å². The molecule has 7 nitrogen and oxygen atoms in total. The molecule has 0 aliphatic carbocycles. The van der Waals surface area contributed by atoms with E-state index in [0.29, 0.717) is 18.0 Å². The van der Waals surface area contributed by atoms with Gasteiger partial charge in [-0.25, -0.2) is 0 Å². The van der Waals surface area contributed by atoms with Crippen molar-refractivity contribution < 1.29 is 28.5 Å². The molecule has 0 heterocycles. The Morgan fingerprint density at radius 3 is 2.19 bits per heavy atom. The number of ether oxygens (including phenoxy) is 4. The van der Waals surface area contributed by atoms with Gasteiger partial charge in [0.05, 0.1) is 39.8 Å². The molecule has 0 aromatic heterocycles. The minimum absolute atomic E-state index is 0.104. The van der Waals surface area contributed by atoms with Crippen LogP contribution in [0.2, 0.25) is 0 Å². The van der Waals surface area contributed by atoms with Crippen molar-refractivity contribution in [2.24, 2.45) is 5.92 Å². The summed E-state index contributed by atoms with van der Waals surface area (Å²) in [5.74, 6) is -0.583. The first-order valence-corrected chi connectivity index (χ1v) is 10.3. The van der Waals surface area contributed by atoms with E-state index in [1.54, 1.807) is 40.2 Å². The molecule has 0 radical (unpaired) electrons. The Bertz CT molecular complexity index is 839. The molecule has 2 rings (SSSR count). The van der Waals surface area contributed by atoms with Crippen molar-refractivity contribution in [2.75, 3.05) is 27.4 Å². The fourth-order valence-electron chi connectivity index (χ4n) is 3.35. The van der Waals surface area contributed by atoms with Crippen LogP contribution >= 0.6 is 0 Å². The van der Waals surface area contributed by atoms with Gasteiger partial charge in [-0.05, 0) is 37.1 Å². The molecule has 2 aromatic carbocycles. The Morgan fingerprint density at radius 2 is 1.58 bits per heavy atom. The summed E-state index contributed by atoms with van der Waals surface area (Å²) in [6, 6.07) is 14.7. The normalized spacial score (nSPS) is 12.5. The third-order valence-corrected chi connectivity index (χ3v) is 4.82. The molecule has 0 fully saturated rings. The van der Waals surface area contributed by atoms with Gasteiger partial charge in [-0.2, -0.15) is 0 Å². The number of hydrogen-bond acceptors (Lipinski definition) is 7. The zero-order valence-corrected chi connectivity index (χ0v) is 18.6. The van der Waals surface area contributed by atoms with Crippen LogP contribution in [0.4, 0.5) is 0 Å². The summed E-state index contributed by atoms with van der Waals surface area (Å²) in [4.78, 5) is 25.2. The van der Waals surface area contributed by atoms with E-state index in [0.717, 1.165) is 11.1 Å². The van der Waals surface area contributed by atoms with Crippen LogP contribution in [-0.2, 0) is 25.6 Å². The lowest BCUT2D eigenvalue weighted by Gasteiger charge is -2.27. The van der Waals surface area contributed by atoms with Crippen molar-refractivity contribution in [2.45, 2.75) is 32.9 Å². The summed E-state index contributed by atoms with van der Waals surface area (Å²) in [7, 11) is 3.11. The molecule has 31 heavy (non-hydrogen) atoms. The summed E-state index contributed by atoms with van der Waals surface area (Å²) in [6.07, 6.45) is -0.104. The molecular formula is C24H31NO6. The summed E-state index contributed by atoms with van der Waals surface area (Å²) in [6.45, 7) is 4.43. The highest BCUT2D eigenvalue weighted by molar-refractivity contribution is 5.81. The van der Waals surface area contributed by atoms with Gasteiger partial charge in [0, 0.05) is 12.6 Å². The second-order valence-corrected chi connectivity index (χ2v) is 6.83. The molecule has 0 amide bonds. The first kappa shape index (κ1) is 24.2. The number of carbonyl (C=O) groups is 2. The Balaban J connectivity index is 2.43. The molecular weight excluding hydrogens is 398 g/mol. The first-order chi connectivity index (χ1) is 15.0. The van der Waals surface area contributed by atoms with E-state index in [1.165, 1.54) is 0 Å². The number of hydrogen-bond donors (Lipinski definition) is 1. The Kier molecular flexibility index (Phi) is 9.84. The van der Waals surface area contributed by atoms with Gasteiger partial charge >= 0.3 is 11.9 Å². The highest BCUT2D eigenvalue weighted by atomic mass is 16.5. The van der Waals surface area contributed by atoms with Crippen molar-refractivity contribution in [1.29, 1.82) is 0 Å². The minimum Gasteiger partial charge on any atom is -0.493 e. The molecule has 0 spiro atoms. The van der Waals surface area contributed by atoms with Crippen LogP contribution in [0.5, 0.6) is 11.5 Å². The van der Waals surface area contributed by atoms with Crippen LogP contribution in [0.1, 0.15) is 37.4 Å². The molecule has 0 aliphatic rings. The predicted octanol–water partition coefficient (Wildman–Crippen LogP) is 3.67. The molecule has 0 saturated carbocycles. The number of nitrogens with one attached hydrogen (secondary N) is 1. The lowest BCUT2D eigenvalue weighted by Crippen LogP contribution is -2.35. The van der Waals surface area contributed by atoms with E-state index in [2.05, 4.69) is 5.32 Å². The maximum atomic E-state index is 12.9. The zero-order valence-electron chi connectivity index (χ0n) is 18.6. The van der Waals surface area contributed by atoms with Crippen molar-refractivity contribution in [3.05, 3.63) is 59.7 Å². The molecule has 0 aliphatic heterocycles. The minimum atomic E-state index is -0.777. The third kappa shape index (κ3) is 7.00. The summed E-state index contributed by atoms with van der Waals surface area (Å²) >= 11 is 0. The SMILES string of the molecule is CCOC(=O)CC(C(=O)OCC)C(NCc1ccccc1)c1ccc(OC)c(OC)c1. The summed E-state index contributed by atoms with van der Waals surface area (Å²) < 4.78 is 21.2. The molecule has 2 aromatic rings. The van der Waals surface area contributed by atoms with Gasteiger partial charge in [0.25, 0.3) is 0 Å². The highest BCUT2D eigenvalue weighted by Gasteiger charge is 2.34. The topological polar surface area (TPSA) is 83.1 Å². The summed E-state index contributed by atoms with van der Waals surface area (Å²) in [5.41, 5.74) is 1.82. The van der Waals surface area contributed by atoms with Crippen molar-refractivity contribution >= 4 is 11.9 Å².